The van der Waals surface area contributed by atoms with Crippen LogP contribution in [0, 0.1) is 12.7 Å². The summed E-state index contributed by atoms with van der Waals surface area (Å²) in [5, 5.41) is 15.2. The zero-order valence-electron chi connectivity index (χ0n) is 22.1. The number of carbonyl (C=O) groups excluding carboxylic acids is 2. The minimum Gasteiger partial charge on any atom is -0.466 e. The lowest BCUT2D eigenvalue weighted by atomic mass is 10.2. The normalized spacial score (nSPS) is 11.0. The van der Waals surface area contributed by atoms with Gasteiger partial charge in [0.25, 0.3) is 0 Å². The Labute approximate surface area is 238 Å². The summed E-state index contributed by atoms with van der Waals surface area (Å²) in [6, 6.07) is 13.2. The second-order valence-electron chi connectivity index (χ2n) is 8.84. The van der Waals surface area contributed by atoms with Gasteiger partial charge in [0.1, 0.15) is 18.1 Å². The first-order valence-electron chi connectivity index (χ1n) is 12.7. The minimum atomic E-state index is -0.648. The SMILES string of the molecule is CCOC(=O)Cc1nc(CNC(=O)NCc2nc(C)nn2-c2ccc3cccnc3c2)n(-c2ccc(Cl)c(F)c2)n1. The third-order valence-corrected chi connectivity index (χ3v) is 6.21. The van der Waals surface area contributed by atoms with Crippen LogP contribution in [0.2, 0.25) is 5.02 Å². The van der Waals surface area contributed by atoms with E-state index in [2.05, 4.69) is 35.8 Å². The van der Waals surface area contributed by atoms with Gasteiger partial charge < -0.3 is 15.4 Å². The van der Waals surface area contributed by atoms with Crippen molar-refractivity contribution in [2.75, 3.05) is 6.61 Å². The first-order chi connectivity index (χ1) is 19.8. The second-order valence-corrected chi connectivity index (χ2v) is 9.25. The number of nitrogens with zero attached hydrogens (tertiary/aromatic N) is 7. The number of ether oxygens (including phenoxy) is 1. The summed E-state index contributed by atoms with van der Waals surface area (Å²) < 4.78 is 22.1. The highest BCUT2D eigenvalue weighted by molar-refractivity contribution is 6.30. The van der Waals surface area contributed by atoms with Gasteiger partial charge >= 0.3 is 12.0 Å². The lowest BCUT2D eigenvalue weighted by molar-refractivity contribution is -0.142. The maximum atomic E-state index is 14.2. The molecule has 0 radical (unpaired) electrons. The predicted molar refractivity (Wildman–Crippen MR) is 147 cm³/mol. The fourth-order valence-corrected chi connectivity index (χ4v) is 4.21. The molecule has 14 heteroatoms. The zero-order valence-corrected chi connectivity index (χ0v) is 22.9. The van der Waals surface area contributed by atoms with E-state index in [1.54, 1.807) is 30.8 Å². The molecule has 0 unspecified atom stereocenters. The Balaban J connectivity index is 1.29. The molecule has 0 saturated carbocycles. The number of nitrogens with one attached hydrogen (secondary N) is 2. The Morgan fingerprint density at radius 3 is 2.44 bits per heavy atom. The van der Waals surface area contributed by atoms with Gasteiger partial charge in [-0.05, 0) is 44.2 Å². The molecule has 41 heavy (non-hydrogen) atoms. The van der Waals surface area contributed by atoms with E-state index in [0.29, 0.717) is 17.3 Å². The highest BCUT2D eigenvalue weighted by Crippen LogP contribution is 2.20. The fraction of sp³-hybridized carbons (Fsp3) is 0.222. The molecule has 210 valence electrons. The van der Waals surface area contributed by atoms with E-state index in [9.17, 15) is 14.0 Å². The average molecular weight is 578 g/mol. The van der Waals surface area contributed by atoms with Crippen molar-refractivity contribution < 1.29 is 18.7 Å². The summed E-state index contributed by atoms with van der Waals surface area (Å²) >= 11 is 5.82. The molecule has 3 aromatic heterocycles. The maximum Gasteiger partial charge on any atom is 0.315 e. The molecule has 0 aliphatic carbocycles. The topological polar surface area (TPSA) is 142 Å². The van der Waals surface area contributed by atoms with Crippen LogP contribution in [0.3, 0.4) is 0 Å². The van der Waals surface area contributed by atoms with Gasteiger partial charge in [-0.1, -0.05) is 23.7 Å². The molecule has 3 heterocycles. The maximum absolute atomic E-state index is 14.2. The van der Waals surface area contributed by atoms with Crippen molar-refractivity contribution in [1.29, 1.82) is 0 Å². The molecule has 2 amide bonds. The number of amides is 2. The Morgan fingerprint density at radius 2 is 1.68 bits per heavy atom. The van der Waals surface area contributed by atoms with Crippen LogP contribution in [0.15, 0.2) is 54.7 Å². The number of hydrogen-bond donors (Lipinski definition) is 2. The van der Waals surface area contributed by atoms with Gasteiger partial charge in [-0.3, -0.25) is 9.78 Å². The van der Waals surface area contributed by atoms with Crippen LogP contribution >= 0.6 is 11.6 Å². The van der Waals surface area contributed by atoms with Crippen molar-refractivity contribution in [1.82, 2.24) is 45.1 Å². The van der Waals surface area contributed by atoms with E-state index in [1.807, 2.05) is 30.3 Å². The number of carbonyl (C=O) groups is 2. The Kier molecular flexibility index (Phi) is 8.15. The van der Waals surface area contributed by atoms with E-state index in [1.165, 1.54) is 16.8 Å². The van der Waals surface area contributed by atoms with Crippen LogP contribution < -0.4 is 10.6 Å². The third kappa shape index (κ3) is 6.47. The number of benzene rings is 2. The average Bonchev–Trinajstić information content (AvgIpc) is 3.54. The van der Waals surface area contributed by atoms with Gasteiger partial charge in [0.15, 0.2) is 17.5 Å². The fourth-order valence-electron chi connectivity index (χ4n) is 4.09. The highest BCUT2D eigenvalue weighted by Gasteiger charge is 2.18. The minimum absolute atomic E-state index is 0.0531. The van der Waals surface area contributed by atoms with Gasteiger partial charge in [-0.15, -0.1) is 0 Å². The molecule has 5 rings (SSSR count). The highest BCUT2D eigenvalue weighted by atomic mass is 35.5. The van der Waals surface area contributed by atoms with Crippen LogP contribution in [0.5, 0.6) is 0 Å². The van der Waals surface area contributed by atoms with E-state index in [-0.39, 0.29) is 42.8 Å². The van der Waals surface area contributed by atoms with Crippen molar-refractivity contribution in [3.05, 3.63) is 88.9 Å². The number of esters is 1. The largest absolute Gasteiger partial charge is 0.466 e. The summed E-state index contributed by atoms with van der Waals surface area (Å²) in [4.78, 5) is 37.9. The number of urea groups is 1. The van der Waals surface area contributed by atoms with Crippen LogP contribution in [0.25, 0.3) is 22.3 Å². The summed E-state index contributed by atoms with van der Waals surface area (Å²) in [6.07, 6.45) is 1.53. The molecule has 0 aliphatic rings. The van der Waals surface area contributed by atoms with E-state index >= 15 is 0 Å². The first kappa shape index (κ1) is 27.6. The molecule has 0 fully saturated rings. The molecule has 0 spiro atoms. The Hall–Kier alpha value is -4.91. The Morgan fingerprint density at radius 1 is 0.976 bits per heavy atom. The summed E-state index contributed by atoms with van der Waals surface area (Å²) in [5.41, 5.74) is 1.88. The number of aryl methyl sites for hydroxylation is 1. The molecule has 0 atom stereocenters. The number of pyridine rings is 1. The van der Waals surface area contributed by atoms with Gasteiger partial charge in [0.05, 0.1) is 41.6 Å². The Bertz CT molecular complexity index is 1740. The molecule has 0 aliphatic heterocycles. The summed E-state index contributed by atoms with van der Waals surface area (Å²) in [7, 11) is 0. The second kappa shape index (κ2) is 12.1. The first-order valence-corrected chi connectivity index (χ1v) is 13.0. The van der Waals surface area contributed by atoms with Crippen LogP contribution in [0.4, 0.5) is 9.18 Å². The molecule has 0 bridgehead atoms. The standard InChI is InChI=1S/C27H25ClFN9O3/c1-3-41-26(39)13-23-34-25(38(36-23)18-8-9-20(28)21(29)11-18)15-32-27(40)31-14-24-33-16(2)35-37(24)19-7-6-17-5-4-10-30-22(17)12-19/h4-12H,3,13-15H2,1-2H3,(H2,31,32,40). The zero-order chi connectivity index (χ0) is 28.9. The van der Waals surface area contributed by atoms with Crippen LogP contribution in [-0.4, -0.2) is 53.1 Å². The van der Waals surface area contributed by atoms with Crippen molar-refractivity contribution in [2.24, 2.45) is 0 Å². The molecule has 0 saturated heterocycles. The number of halogens is 2. The summed E-state index contributed by atoms with van der Waals surface area (Å²) in [6.45, 7) is 3.67. The van der Waals surface area contributed by atoms with Crippen LogP contribution in [0.1, 0.15) is 30.2 Å². The predicted octanol–water partition coefficient (Wildman–Crippen LogP) is 3.60. The molecule has 2 N–H and O–H groups in total. The van der Waals surface area contributed by atoms with Crippen molar-refractivity contribution in [3.63, 3.8) is 0 Å². The number of aromatic nitrogens is 7. The van der Waals surface area contributed by atoms with Crippen molar-refractivity contribution >= 4 is 34.5 Å². The number of hydrogen-bond acceptors (Lipinski definition) is 8. The molecular weight excluding hydrogens is 553 g/mol. The van der Waals surface area contributed by atoms with Gasteiger partial charge in [0.2, 0.25) is 0 Å². The molecule has 12 nitrogen and oxygen atoms in total. The smallest absolute Gasteiger partial charge is 0.315 e. The lowest BCUT2D eigenvalue weighted by Gasteiger charge is -2.10. The van der Waals surface area contributed by atoms with E-state index in [4.69, 9.17) is 16.3 Å². The number of rotatable bonds is 9. The molecular formula is C27H25ClFN9O3. The quantitative estimate of drug-likeness (QED) is 0.253. The van der Waals surface area contributed by atoms with E-state index < -0.39 is 17.8 Å². The molecule has 2 aromatic carbocycles. The van der Waals surface area contributed by atoms with Crippen molar-refractivity contribution in [3.8, 4) is 11.4 Å². The third-order valence-electron chi connectivity index (χ3n) is 5.90. The van der Waals surface area contributed by atoms with Crippen LogP contribution in [-0.2, 0) is 29.0 Å². The van der Waals surface area contributed by atoms with Gasteiger partial charge in [-0.2, -0.15) is 10.2 Å². The monoisotopic (exact) mass is 577 g/mol. The molecule has 5 aromatic rings. The van der Waals surface area contributed by atoms with Gasteiger partial charge in [-0.25, -0.2) is 28.5 Å². The summed E-state index contributed by atoms with van der Waals surface area (Å²) in [5.74, 6) is 0.328. The lowest BCUT2D eigenvalue weighted by Crippen LogP contribution is -2.36. The number of fused-ring (bicyclic) bond motifs is 1. The van der Waals surface area contributed by atoms with Gasteiger partial charge in [0, 0.05) is 17.6 Å². The van der Waals surface area contributed by atoms with E-state index in [0.717, 1.165) is 16.6 Å². The van der Waals surface area contributed by atoms with Crippen molar-refractivity contribution in [2.45, 2.75) is 33.4 Å².